The Morgan fingerprint density at radius 2 is 1.73 bits per heavy atom. The largest absolute Gasteiger partial charge is 0.346 e. The molecule has 1 aliphatic rings. The zero-order valence-corrected chi connectivity index (χ0v) is 15.8. The van der Waals surface area contributed by atoms with Crippen molar-refractivity contribution in [3.8, 4) is 0 Å². The van der Waals surface area contributed by atoms with Crippen molar-refractivity contribution in [3.63, 3.8) is 0 Å². The topological polar surface area (TPSA) is 51.1 Å². The first-order valence-electron chi connectivity index (χ1n) is 9.16. The fourth-order valence-corrected chi connectivity index (χ4v) is 5.24. The van der Waals surface area contributed by atoms with Gasteiger partial charge >= 0.3 is 0 Å². The summed E-state index contributed by atoms with van der Waals surface area (Å²) in [6, 6.07) is 14.9. The van der Waals surface area contributed by atoms with Crippen LogP contribution in [0.3, 0.4) is 0 Å². The molecule has 2 aromatic carbocycles. The summed E-state index contributed by atoms with van der Waals surface area (Å²) in [5, 5.41) is 4.20. The molecular weight excluding hydrogens is 344 g/mol. The molecule has 5 heteroatoms. The molecule has 4 nitrogen and oxygen atoms in total. The smallest absolute Gasteiger partial charge is 0.208 e. The van der Waals surface area contributed by atoms with E-state index < -0.39 is 9.84 Å². The molecule has 3 aromatic rings. The van der Waals surface area contributed by atoms with E-state index in [1.165, 1.54) is 0 Å². The number of aromatic nitrogens is 1. The third kappa shape index (κ3) is 3.17. The number of piperidine rings is 1. The molecule has 1 N–H and O–H groups in total. The van der Waals surface area contributed by atoms with E-state index in [-0.39, 0.29) is 0 Å². The summed E-state index contributed by atoms with van der Waals surface area (Å²) < 4.78 is 28.6. The minimum atomic E-state index is -3.54. The number of sulfone groups is 1. The number of nitrogens with zero attached hydrogens (tertiary/aromatic N) is 1. The van der Waals surface area contributed by atoms with E-state index in [1.807, 2.05) is 49.5 Å². The van der Waals surface area contributed by atoms with Gasteiger partial charge in [0.15, 0.2) is 0 Å². The van der Waals surface area contributed by atoms with Crippen LogP contribution in [-0.2, 0) is 16.4 Å². The lowest BCUT2D eigenvalue weighted by atomic mass is 9.98. The maximum atomic E-state index is 13.2. The summed E-state index contributed by atoms with van der Waals surface area (Å²) in [5.74, 6) is 0.585. The lowest BCUT2D eigenvalue weighted by molar-refractivity contribution is 0.336. The van der Waals surface area contributed by atoms with Crippen LogP contribution >= 0.6 is 0 Å². The highest BCUT2D eigenvalue weighted by Crippen LogP contribution is 2.31. The van der Waals surface area contributed by atoms with E-state index >= 15 is 0 Å². The van der Waals surface area contributed by atoms with Gasteiger partial charge in [-0.2, -0.15) is 0 Å². The standard InChI is InChI=1S/C21H24N2O2S/c1-16-6-8-18(9-7-16)26(24,25)21-15-23(14-17-10-12-22-13-11-17)20-5-3-2-4-19(20)21/h2-9,15,17,22H,10-14H2,1H3. The van der Waals surface area contributed by atoms with E-state index in [4.69, 9.17) is 0 Å². The lowest BCUT2D eigenvalue weighted by Crippen LogP contribution is -2.29. The van der Waals surface area contributed by atoms with Gasteiger partial charge < -0.3 is 9.88 Å². The maximum absolute atomic E-state index is 13.2. The van der Waals surface area contributed by atoms with Crippen LogP contribution in [0.2, 0.25) is 0 Å². The van der Waals surface area contributed by atoms with Gasteiger partial charge in [0.1, 0.15) is 0 Å². The van der Waals surface area contributed by atoms with E-state index in [2.05, 4.69) is 9.88 Å². The first-order valence-corrected chi connectivity index (χ1v) is 10.6. The monoisotopic (exact) mass is 368 g/mol. The third-order valence-corrected chi connectivity index (χ3v) is 7.08. The zero-order chi connectivity index (χ0) is 18.1. The van der Waals surface area contributed by atoms with Gasteiger partial charge in [-0.25, -0.2) is 8.42 Å². The molecule has 0 spiro atoms. The number of para-hydroxylation sites is 1. The molecule has 26 heavy (non-hydrogen) atoms. The second kappa shape index (κ2) is 6.89. The predicted molar refractivity (Wildman–Crippen MR) is 104 cm³/mol. The highest BCUT2D eigenvalue weighted by atomic mass is 32.2. The van der Waals surface area contributed by atoms with Crippen LogP contribution in [0.15, 0.2) is 64.5 Å². The number of aryl methyl sites for hydroxylation is 1. The molecule has 0 atom stereocenters. The first-order chi connectivity index (χ1) is 12.6. The van der Waals surface area contributed by atoms with E-state index in [1.54, 1.807) is 12.1 Å². The average molecular weight is 369 g/mol. The first kappa shape index (κ1) is 17.3. The molecule has 0 amide bonds. The molecular formula is C21H24N2O2S. The summed E-state index contributed by atoms with van der Waals surface area (Å²) in [5.41, 5.74) is 2.05. The summed E-state index contributed by atoms with van der Waals surface area (Å²) in [7, 11) is -3.54. The maximum Gasteiger partial charge on any atom is 0.208 e. The van der Waals surface area contributed by atoms with Crippen molar-refractivity contribution in [1.29, 1.82) is 0 Å². The second-order valence-corrected chi connectivity index (χ2v) is 9.09. The summed E-state index contributed by atoms with van der Waals surface area (Å²) in [6.45, 7) is 4.91. The van der Waals surface area contributed by atoms with Gasteiger partial charge in [0.05, 0.1) is 9.79 Å². The Morgan fingerprint density at radius 1 is 1.04 bits per heavy atom. The van der Waals surface area contributed by atoms with Gasteiger partial charge in [0.25, 0.3) is 0 Å². The van der Waals surface area contributed by atoms with E-state index in [0.29, 0.717) is 15.7 Å². The van der Waals surface area contributed by atoms with Gasteiger partial charge in [-0.1, -0.05) is 35.9 Å². The fraction of sp³-hybridized carbons (Fsp3) is 0.333. The van der Waals surface area contributed by atoms with Crippen LogP contribution in [0, 0.1) is 12.8 Å². The summed E-state index contributed by atoms with van der Waals surface area (Å²) >= 11 is 0. The number of hydrogen-bond donors (Lipinski definition) is 1. The van der Waals surface area contributed by atoms with Crippen molar-refractivity contribution in [2.24, 2.45) is 5.92 Å². The number of fused-ring (bicyclic) bond motifs is 1. The highest BCUT2D eigenvalue weighted by Gasteiger charge is 2.24. The molecule has 0 bridgehead atoms. The SMILES string of the molecule is Cc1ccc(S(=O)(=O)c2cn(CC3CCNCC3)c3ccccc23)cc1. The Labute approximate surface area is 154 Å². The van der Waals surface area contributed by atoms with Crippen molar-refractivity contribution in [1.82, 2.24) is 9.88 Å². The Balaban J connectivity index is 1.79. The molecule has 1 aromatic heterocycles. The Kier molecular flexibility index (Phi) is 4.59. The summed E-state index contributed by atoms with van der Waals surface area (Å²) in [6.07, 6.45) is 4.10. The van der Waals surface area contributed by atoms with Crippen LogP contribution in [0.4, 0.5) is 0 Å². The summed E-state index contributed by atoms with van der Waals surface area (Å²) in [4.78, 5) is 0.763. The number of benzene rings is 2. The van der Waals surface area contributed by atoms with E-state index in [0.717, 1.165) is 48.9 Å². The average Bonchev–Trinajstić information content (AvgIpc) is 3.02. The minimum absolute atomic E-state index is 0.355. The molecule has 0 radical (unpaired) electrons. The van der Waals surface area contributed by atoms with Gasteiger partial charge in [-0.3, -0.25) is 0 Å². The molecule has 136 valence electrons. The second-order valence-electron chi connectivity index (χ2n) is 7.17. The van der Waals surface area contributed by atoms with Gasteiger partial charge in [0.2, 0.25) is 9.84 Å². The normalized spacial score (nSPS) is 16.2. The van der Waals surface area contributed by atoms with Crippen molar-refractivity contribution in [2.45, 2.75) is 36.1 Å². The van der Waals surface area contributed by atoms with Crippen molar-refractivity contribution in [2.75, 3.05) is 13.1 Å². The Bertz CT molecular complexity index is 1010. The molecule has 0 aliphatic carbocycles. The Hall–Kier alpha value is -2.11. The quantitative estimate of drug-likeness (QED) is 0.762. The predicted octanol–water partition coefficient (Wildman–Crippen LogP) is 3.78. The van der Waals surface area contributed by atoms with Crippen LogP contribution < -0.4 is 5.32 Å². The number of rotatable bonds is 4. The minimum Gasteiger partial charge on any atom is -0.346 e. The molecule has 1 saturated heterocycles. The third-order valence-electron chi connectivity index (χ3n) is 5.29. The zero-order valence-electron chi connectivity index (χ0n) is 15.0. The molecule has 0 unspecified atom stereocenters. The molecule has 1 fully saturated rings. The van der Waals surface area contributed by atoms with Crippen LogP contribution in [-0.4, -0.2) is 26.1 Å². The highest BCUT2D eigenvalue weighted by molar-refractivity contribution is 7.91. The van der Waals surface area contributed by atoms with Crippen LogP contribution in [0.1, 0.15) is 18.4 Å². The van der Waals surface area contributed by atoms with E-state index in [9.17, 15) is 8.42 Å². The van der Waals surface area contributed by atoms with Crippen molar-refractivity contribution >= 4 is 20.7 Å². The van der Waals surface area contributed by atoms with Gasteiger partial charge in [0, 0.05) is 23.6 Å². The van der Waals surface area contributed by atoms with Crippen LogP contribution in [0.25, 0.3) is 10.9 Å². The number of hydrogen-bond acceptors (Lipinski definition) is 3. The fourth-order valence-electron chi connectivity index (χ4n) is 3.77. The molecule has 0 saturated carbocycles. The van der Waals surface area contributed by atoms with Gasteiger partial charge in [-0.15, -0.1) is 0 Å². The van der Waals surface area contributed by atoms with Crippen LogP contribution in [0.5, 0.6) is 0 Å². The Morgan fingerprint density at radius 3 is 2.46 bits per heavy atom. The molecule has 1 aliphatic heterocycles. The number of nitrogens with one attached hydrogen (secondary N) is 1. The van der Waals surface area contributed by atoms with Gasteiger partial charge in [-0.05, 0) is 57.0 Å². The van der Waals surface area contributed by atoms with Crippen molar-refractivity contribution in [3.05, 3.63) is 60.3 Å². The van der Waals surface area contributed by atoms with Crippen molar-refractivity contribution < 1.29 is 8.42 Å². The molecule has 2 heterocycles. The lowest BCUT2D eigenvalue weighted by Gasteiger charge is -2.23. The molecule has 4 rings (SSSR count).